The third-order valence-electron chi connectivity index (χ3n) is 4.22. The summed E-state index contributed by atoms with van der Waals surface area (Å²) in [4.78, 5) is 0. The first-order chi connectivity index (χ1) is 11.0. The Morgan fingerprint density at radius 1 is 0.750 bits per heavy atom. The molecule has 1 atom stereocenters. The van der Waals surface area contributed by atoms with Crippen molar-refractivity contribution in [3.8, 4) is 5.75 Å². The van der Waals surface area contributed by atoms with Gasteiger partial charge in [0.1, 0.15) is 11.4 Å². The quantitative estimate of drug-likeness (QED) is 0.854. The molecule has 24 heavy (non-hydrogen) atoms. The van der Waals surface area contributed by atoms with E-state index >= 15 is 0 Å². The van der Waals surface area contributed by atoms with Crippen LogP contribution in [0, 0.1) is 5.41 Å². The van der Waals surface area contributed by atoms with Gasteiger partial charge in [-0.05, 0) is 40.8 Å². The molecule has 0 amide bonds. The van der Waals surface area contributed by atoms with E-state index in [-0.39, 0.29) is 0 Å². The first-order valence-corrected chi connectivity index (χ1v) is 7.55. The minimum atomic E-state index is -4.40. The molecule has 0 fully saturated rings. The summed E-state index contributed by atoms with van der Waals surface area (Å²) >= 11 is 0. The first-order valence-electron chi connectivity index (χ1n) is 7.55. The second-order valence-electron chi connectivity index (χ2n) is 6.76. The summed E-state index contributed by atoms with van der Waals surface area (Å²) in [5.74, 6) is 0.641. The molecule has 0 heterocycles. The van der Waals surface area contributed by atoms with Crippen LogP contribution in [0.1, 0.15) is 37.5 Å². The lowest BCUT2D eigenvalue weighted by molar-refractivity contribution is -0.137. The smallest absolute Gasteiger partial charge is 0.416 e. The Morgan fingerprint density at radius 2 is 1.12 bits per heavy atom. The van der Waals surface area contributed by atoms with E-state index in [2.05, 4.69) is 0 Å². The van der Waals surface area contributed by atoms with Crippen LogP contribution in [-0.4, -0.2) is 12.2 Å². The maximum atomic E-state index is 12.8. The predicted octanol–water partition coefficient (Wildman–Crippen LogP) is 5.00. The Bertz CT molecular complexity index is 683. The molecule has 0 radical (unpaired) electrons. The Labute approximate surface area is 139 Å². The molecule has 0 saturated heterocycles. The molecular weight excluding hydrogens is 317 g/mol. The summed E-state index contributed by atoms with van der Waals surface area (Å²) in [5, 5.41) is 11.4. The van der Waals surface area contributed by atoms with Crippen molar-refractivity contribution < 1.29 is 23.0 Å². The van der Waals surface area contributed by atoms with Crippen LogP contribution in [0.3, 0.4) is 0 Å². The second kappa shape index (κ2) is 6.13. The summed E-state index contributed by atoms with van der Waals surface area (Å²) in [6.45, 7) is 5.53. The number of rotatable bonds is 3. The number of hydrogen-bond donors (Lipinski definition) is 1. The van der Waals surface area contributed by atoms with Gasteiger partial charge in [0, 0.05) is 0 Å². The van der Waals surface area contributed by atoms with Crippen LogP contribution in [0.5, 0.6) is 5.75 Å². The van der Waals surface area contributed by atoms with Crippen LogP contribution >= 0.6 is 0 Å². The number of aliphatic hydroxyl groups is 1. The number of methoxy groups -OCH3 is 1. The number of halogens is 3. The van der Waals surface area contributed by atoms with Crippen molar-refractivity contribution >= 4 is 0 Å². The van der Waals surface area contributed by atoms with Gasteiger partial charge >= 0.3 is 6.18 Å². The lowest BCUT2D eigenvalue weighted by Gasteiger charge is -2.41. The fourth-order valence-corrected chi connectivity index (χ4v) is 2.77. The average molecular weight is 338 g/mol. The van der Waals surface area contributed by atoms with Crippen LogP contribution in [0.4, 0.5) is 13.2 Å². The van der Waals surface area contributed by atoms with E-state index in [0.717, 1.165) is 12.1 Å². The van der Waals surface area contributed by atoms with E-state index in [9.17, 15) is 18.3 Å². The van der Waals surface area contributed by atoms with Crippen molar-refractivity contribution in [2.45, 2.75) is 32.5 Å². The minimum Gasteiger partial charge on any atom is -0.497 e. The highest BCUT2D eigenvalue weighted by atomic mass is 19.4. The van der Waals surface area contributed by atoms with Crippen LogP contribution in [0.15, 0.2) is 48.5 Å². The number of hydrogen-bond acceptors (Lipinski definition) is 2. The van der Waals surface area contributed by atoms with Gasteiger partial charge in [0.25, 0.3) is 0 Å². The lowest BCUT2D eigenvalue weighted by atomic mass is 9.68. The van der Waals surface area contributed by atoms with Gasteiger partial charge in [-0.3, -0.25) is 0 Å². The fraction of sp³-hybridized carbons (Fsp3) is 0.368. The molecule has 0 aliphatic carbocycles. The average Bonchev–Trinajstić information content (AvgIpc) is 2.52. The Balaban J connectivity index is 2.56. The van der Waals surface area contributed by atoms with Crippen molar-refractivity contribution in [3.63, 3.8) is 0 Å². The van der Waals surface area contributed by atoms with Crippen molar-refractivity contribution in [3.05, 3.63) is 65.2 Å². The van der Waals surface area contributed by atoms with E-state index in [1.165, 1.54) is 12.1 Å². The lowest BCUT2D eigenvalue weighted by Crippen LogP contribution is -2.41. The molecule has 0 aliphatic heterocycles. The van der Waals surface area contributed by atoms with Crippen molar-refractivity contribution in [1.82, 2.24) is 0 Å². The Hall–Kier alpha value is -2.01. The highest BCUT2D eigenvalue weighted by Crippen LogP contribution is 2.45. The molecule has 0 spiro atoms. The molecule has 2 nitrogen and oxygen atoms in total. The molecular formula is C19H21F3O2. The molecule has 5 heteroatoms. The third-order valence-corrected chi connectivity index (χ3v) is 4.22. The highest BCUT2D eigenvalue weighted by Gasteiger charge is 2.43. The summed E-state index contributed by atoms with van der Waals surface area (Å²) in [6, 6.07) is 11.5. The van der Waals surface area contributed by atoms with Crippen molar-refractivity contribution in [2.75, 3.05) is 7.11 Å². The SMILES string of the molecule is COc1ccc(C(O)(c2ccc(C(F)(F)F)cc2)C(C)(C)C)cc1. The number of benzene rings is 2. The van der Waals surface area contributed by atoms with Crippen molar-refractivity contribution in [1.29, 1.82) is 0 Å². The number of alkyl halides is 3. The summed E-state index contributed by atoms with van der Waals surface area (Å²) in [5.41, 5.74) is -1.81. The zero-order valence-corrected chi connectivity index (χ0v) is 14.1. The van der Waals surface area contributed by atoms with E-state index in [1.54, 1.807) is 31.4 Å². The zero-order chi connectivity index (χ0) is 18.2. The monoisotopic (exact) mass is 338 g/mol. The molecule has 0 aliphatic rings. The predicted molar refractivity (Wildman–Crippen MR) is 86.9 cm³/mol. The normalized spacial score (nSPS) is 15.0. The van der Waals surface area contributed by atoms with Crippen molar-refractivity contribution in [2.24, 2.45) is 5.41 Å². The van der Waals surface area contributed by atoms with Gasteiger partial charge in [-0.1, -0.05) is 45.0 Å². The number of ether oxygens (including phenoxy) is 1. The van der Waals surface area contributed by atoms with Crippen LogP contribution in [0.25, 0.3) is 0 Å². The van der Waals surface area contributed by atoms with Crippen LogP contribution in [0.2, 0.25) is 0 Å². The second-order valence-corrected chi connectivity index (χ2v) is 6.76. The van der Waals surface area contributed by atoms with E-state index in [1.807, 2.05) is 20.8 Å². The van der Waals surface area contributed by atoms with Gasteiger partial charge in [0.05, 0.1) is 12.7 Å². The Kier molecular flexibility index (Phi) is 4.68. The van der Waals surface area contributed by atoms with E-state index in [0.29, 0.717) is 16.9 Å². The van der Waals surface area contributed by atoms with Gasteiger partial charge < -0.3 is 9.84 Å². The third kappa shape index (κ3) is 3.26. The van der Waals surface area contributed by atoms with Crippen LogP contribution in [-0.2, 0) is 11.8 Å². The Morgan fingerprint density at radius 3 is 1.46 bits per heavy atom. The highest BCUT2D eigenvalue weighted by molar-refractivity contribution is 5.41. The fourth-order valence-electron chi connectivity index (χ4n) is 2.77. The minimum absolute atomic E-state index is 0.410. The largest absolute Gasteiger partial charge is 0.497 e. The van der Waals surface area contributed by atoms with Gasteiger partial charge in [-0.25, -0.2) is 0 Å². The molecule has 0 saturated carbocycles. The molecule has 1 N–H and O–H groups in total. The molecule has 0 aromatic heterocycles. The standard InChI is InChI=1S/C19H21F3O2/c1-17(2,3)18(23,14-9-11-16(24-4)12-10-14)13-5-7-15(8-6-13)19(20,21)22/h5-12,23H,1-4H3. The maximum Gasteiger partial charge on any atom is 0.416 e. The van der Waals surface area contributed by atoms with Gasteiger partial charge in [0.2, 0.25) is 0 Å². The topological polar surface area (TPSA) is 29.5 Å². The summed E-state index contributed by atoms with van der Waals surface area (Å²) < 4.78 is 43.5. The molecule has 2 rings (SSSR count). The van der Waals surface area contributed by atoms with Crippen LogP contribution < -0.4 is 4.74 Å². The molecule has 0 bridgehead atoms. The van der Waals surface area contributed by atoms with Gasteiger partial charge in [0.15, 0.2) is 0 Å². The first kappa shape index (κ1) is 18.3. The molecule has 1 unspecified atom stereocenters. The van der Waals surface area contributed by atoms with Gasteiger partial charge in [-0.15, -0.1) is 0 Å². The zero-order valence-electron chi connectivity index (χ0n) is 14.1. The van der Waals surface area contributed by atoms with E-state index < -0.39 is 22.8 Å². The van der Waals surface area contributed by atoms with E-state index in [4.69, 9.17) is 4.74 Å². The summed E-state index contributed by atoms with van der Waals surface area (Å²) in [6.07, 6.45) is -4.40. The molecule has 130 valence electrons. The molecule has 2 aromatic rings. The maximum absolute atomic E-state index is 12.8. The molecule has 2 aromatic carbocycles. The van der Waals surface area contributed by atoms with Gasteiger partial charge in [-0.2, -0.15) is 13.2 Å². The summed E-state index contributed by atoms with van der Waals surface area (Å²) in [7, 11) is 1.54.